The molecule has 8 nitrogen and oxygen atoms in total. The Balaban J connectivity index is 1.21. The Labute approximate surface area is 219 Å². The van der Waals surface area contributed by atoms with E-state index in [2.05, 4.69) is 22.1 Å². The van der Waals surface area contributed by atoms with Crippen LogP contribution in [0.4, 0.5) is 10.1 Å². The number of aliphatic hydroxyl groups excluding tert-OH is 1. The molecule has 4 rings (SSSR count). The molecule has 1 aliphatic carbocycles. The van der Waals surface area contributed by atoms with Crippen molar-refractivity contribution in [3.05, 3.63) is 23.5 Å². The second kappa shape index (κ2) is 13.2. The van der Waals surface area contributed by atoms with Crippen LogP contribution in [0, 0.1) is 5.82 Å². The maximum atomic E-state index is 14.4. The molecule has 2 N–H and O–H groups in total. The summed E-state index contributed by atoms with van der Waals surface area (Å²) in [5, 5.41) is 12.2. The van der Waals surface area contributed by atoms with E-state index in [4.69, 9.17) is 4.74 Å². The number of hydrogen-bond acceptors (Lipinski definition) is 6. The maximum absolute atomic E-state index is 14.4. The number of carbonyl (C=O) groups is 2. The molecule has 0 aromatic heterocycles. The van der Waals surface area contributed by atoms with E-state index in [0.29, 0.717) is 36.3 Å². The van der Waals surface area contributed by atoms with E-state index in [1.165, 1.54) is 25.3 Å². The van der Waals surface area contributed by atoms with Gasteiger partial charge in [-0.1, -0.05) is 45.4 Å². The second-order valence-electron chi connectivity index (χ2n) is 10.4. The average Bonchev–Trinajstić information content (AvgIpc) is 3.23. The normalized spacial score (nSPS) is 19.2. The summed E-state index contributed by atoms with van der Waals surface area (Å²) in [5.74, 6) is 0.304. The Morgan fingerprint density at radius 2 is 1.97 bits per heavy atom. The van der Waals surface area contributed by atoms with Crippen LogP contribution in [-0.4, -0.2) is 64.5 Å². The van der Waals surface area contributed by atoms with Crippen LogP contribution < -0.4 is 10.1 Å². The van der Waals surface area contributed by atoms with Crippen LogP contribution in [0.1, 0.15) is 89.5 Å². The molecule has 1 atom stereocenters. The van der Waals surface area contributed by atoms with Gasteiger partial charge in [-0.15, -0.1) is 0 Å². The molecule has 204 valence electrons. The number of fused-ring (bicyclic) bond motifs is 2. The average molecular weight is 517 g/mol. The highest BCUT2D eigenvalue weighted by Crippen LogP contribution is 2.37. The number of hydrogen-bond donors (Lipinski definition) is 2. The Bertz CT molecular complexity index is 979. The van der Waals surface area contributed by atoms with Crippen LogP contribution in [0.3, 0.4) is 0 Å². The number of nitrogens with one attached hydrogen (secondary N) is 1. The van der Waals surface area contributed by atoms with Crippen molar-refractivity contribution in [1.29, 1.82) is 0 Å². The number of carbonyl (C=O) groups excluding carboxylic acids is 2. The summed E-state index contributed by atoms with van der Waals surface area (Å²) >= 11 is 0. The molecule has 0 bridgehead atoms. The number of nitrogens with zero attached hydrogens (tertiary/aromatic N) is 3. The lowest BCUT2D eigenvalue weighted by molar-refractivity contribution is -0.134. The van der Waals surface area contributed by atoms with E-state index in [1.807, 2.05) is 0 Å². The molecule has 1 unspecified atom stereocenters. The lowest BCUT2D eigenvalue weighted by atomic mass is 9.93. The standard InChI is InChI=1S/C28H41FN4O4/c1-2-3-16-32(20-11-7-6-8-12-20)25(35)13-9-4-5-10-17-37-24-15-14-22(29)26-21(24)18-33-23(19-34)27(36)31-28(33)30-26/h14-15,20,23,34H,2-13,16-19H2,1H3,(H,30,31,36). The molecule has 1 aromatic rings. The minimum absolute atomic E-state index is 0.173. The van der Waals surface area contributed by atoms with Gasteiger partial charge in [0.15, 0.2) is 0 Å². The summed E-state index contributed by atoms with van der Waals surface area (Å²) in [6, 6.07) is 2.63. The van der Waals surface area contributed by atoms with E-state index in [-0.39, 0.29) is 30.7 Å². The van der Waals surface area contributed by atoms with Crippen molar-refractivity contribution in [1.82, 2.24) is 15.1 Å². The van der Waals surface area contributed by atoms with Crippen molar-refractivity contribution >= 4 is 23.5 Å². The van der Waals surface area contributed by atoms with Crippen molar-refractivity contribution in [2.24, 2.45) is 4.99 Å². The number of unbranched alkanes of at least 4 members (excludes halogenated alkanes) is 4. The van der Waals surface area contributed by atoms with Crippen molar-refractivity contribution in [3.63, 3.8) is 0 Å². The Morgan fingerprint density at radius 1 is 1.19 bits per heavy atom. The number of rotatable bonds is 13. The molecule has 0 radical (unpaired) electrons. The molecule has 0 spiro atoms. The fourth-order valence-corrected chi connectivity index (χ4v) is 5.58. The molecule has 3 aliphatic rings. The van der Waals surface area contributed by atoms with Gasteiger partial charge < -0.3 is 19.6 Å². The molecule has 2 fully saturated rings. The first-order valence-electron chi connectivity index (χ1n) is 14.0. The maximum Gasteiger partial charge on any atom is 0.251 e. The zero-order valence-electron chi connectivity index (χ0n) is 22.0. The molecule has 2 heterocycles. The number of aliphatic imine (C=N–C) groups is 1. The van der Waals surface area contributed by atoms with Gasteiger partial charge in [0.05, 0.1) is 19.8 Å². The first-order valence-corrected chi connectivity index (χ1v) is 14.0. The van der Waals surface area contributed by atoms with E-state index in [0.717, 1.165) is 57.9 Å². The van der Waals surface area contributed by atoms with Crippen LogP contribution in [-0.2, 0) is 16.1 Å². The minimum Gasteiger partial charge on any atom is -0.493 e. The predicted molar refractivity (Wildman–Crippen MR) is 140 cm³/mol. The summed E-state index contributed by atoms with van der Waals surface area (Å²) in [5.41, 5.74) is 0.755. The highest BCUT2D eigenvalue weighted by molar-refractivity contribution is 6.08. The zero-order valence-corrected chi connectivity index (χ0v) is 22.0. The minimum atomic E-state index is -0.735. The second-order valence-corrected chi connectivity index (χ2v) is 10.4. The lowest BCUT2D eigenvalue weighted by Gasteiger charge is -2.34. The Morgan fingerprint density at radius 3 is 2.73 bits per heavy atom. The van der Waals surface area contributed by atoms with E-state index in [9.17, 15) is 19.1 Å². The fourth-order valence-electron chi connectivity index (χ4n) is 5.58. The monoisotopic (exact) mass is 516 g/mol. The van der Waals surface area contributed by atoms with Crippen molar-refractivity contribution < 1.29 is 23.8 Å². The van der Waals surface area contributed by atoms with E-state index in [1.54, 1.807) is 11.0 Å². The largest absolute Gasteiger partial charge is 0.493 e. The number of guanidine groups is 1. The fraction of sp³-hybridized carbons (Fsp3) is 0.679. The first kappa shape index (κ1) is 27.4. The lowest BCUT2D eigenvalue weighted by Crippen LogP contribution is -2.42. The van der Waals surface area contributed by atoms with Gasteiger partial charge in [-0.3, -0.25) is 14.9 Å². The molecule has 1 saturated heterocycles. The summed E-state index contributed by atoms with van der Waals surface area (Å²) in [6.07, 6.45) is 12.5. The van der Waals surface area contributed by atoms with Crippen LogP contribution in [0.5, 0.6) is 5.75 Å². The first-order chi connectivity index (χ1) is 18.0. The molecule has 37 heavy (non-hydrogen) atoms. The third-order valence-corrected chi connectivity index (χ3v) is 7.73. The van der Waals surface area contributed by atoms with Gasteiger partial charge in [-0.2, -0.15) is 0 Å². The van der Waals surface area contributed by atoms with Gasteiger partial charge in [-0.25, -0.2) is 9.38 Å². The van der Waals surface area contributed by atoms with E-state index >= 15 is 0 Å². The van der Waals surface area contributed by atoms with Crippen LogP contribution in [0.2, 0.25) is 0 Å². The molecular weight excluding hydrogens is 475 g/mol. The summed E-state index contributed by atoms with van der Waals surface area (Å²) in [4.78, 5) is 33.1. The zero-order chi connectivity index (χ0) is 26.2. The molecule has 1 saturated carbocycles. The van der Waals surface area contributed by atoms with Gasteiger partial charge in [0.25, 0.3) is 5.91 Å². The number of aliphatic hydroxyl groups is 1. The molecule has 1 aromatic carbocycles. The van der Waals surface area contributed by atoms with E-state index < -0.39 is 11.9 Å². The Kier molecular flexibility index (Phi) is 9.77. The van der Waals surface area contributed by atoms with Gasteiger partial charge in [0.2, 0.25) is 11.9 Å². The number of amides is 2. The van der Waals surface area contributed by atoms with Gasteiger partial charge >= 0.3 is 0 Å². The quantitative estimate of drug-likeness (QED) is 0.379. The predicted octanol–water partition coefficient (Wildman–Crippen LogP) is 4.41. The van der Waals surface area contributed by atoms with Crippen molar-refractivity contribution in [3.8, 4) is 5.75 Å². The topological polar surface area (TPSA) is 94.5 Å². The van der Waals surface area contributed by atoms with Crippen LogP contribution in [0.25, 0.3) is 0 Å². The highest BCUT2D eigenvalue weighted by Gasteiger charge is 2.40. The summed E-state index contributed by atoms with van der Waals surface area (Å²) < 4.78 is 20.4. The highest BCUT2D eigenvalue weighted by atomic mass is 19.1. The van der Waals surface area contributed by atoms with Crippen molar-refractivity contribution in [2.75, 3.05) is 19.8 Å². The number of benzene rings is 1. The number of halogens is 1. The van der Waals surface area contributed by atoms with Crippen LogP contribution in [0.15, 0.2) is 17.1 Å². The number of ether oxygens (including phenoxy) is 1. The third-order valence-electron chi connectivity index (χ3n) is 7.73. The molecule has 9 heteroatoms. The van der Waals surface area contributed by atoms with Gasteiger partial charge in [-0.05, 0) is 44.2 Å². The van der Waals surface area contributed by atoms with Gasteiger partial charge in [0.1, 0.15) is 23.3 Å². The third kappa shape index (κ3) is 6.61. The smallest absolute Gasteiger partial charge is 0.251 e. The molecule has 2 amide bonds. The van der Waals surface area contributed by atoms with Gasteiger partial charge in [0, 0.05) is 24.6 Å². The Hall–Kier alpha value is -2.68. The SMILES string of the molecule is CCCCN(C(=O)CCCCCCOc1ccc(F)c2c1CN1C(=N2)NC(=O)C1CO)C1CCCCC1. The molecular formula is C28H41FN4O4. The van der Waals surface area contributed by atoms with Crippen LogP contribution >= 0.6 is 0 Å². The van der Waals surface area contributed by atoms with Crippen molar-refractivity contribution in [2.45, 2.75) is 103 Å². The summed E-state index contributed by atoms with van der Waals surface area (Å²) in [6.45, 7) is 3.44. The summed E-state index contributed by atoms with van der Waals surface area (Å²) in [7, 11) is 0. The molecule has 2 aliphatic heterocycles.